The Kier molecular flexibility index (Phi) is 4.89. The van der Waals surface area contributed by atoms with Crippen LogP contribution in [0, 0.1) is 0 Å². The molecule has 0 fully saturated rings. The van der Waals surface area contributed by atoms with Gasteiger partial charge in [-0.05, 0) is 31.5 Å². The van der Waals surface area contributed by atoms with Crippen LogP contribution < -0.4 is 14.8 Å². The van der Waals surface area contributed by atoms with Crippen LogP contribution in [0.2, 0.25) is 0 Å². The Morgan fingerprint density at radius 3 is 3.00 bits per heavy atom. The third kappa shape index (κ3) is 3.64. The molecular formula is C16H25NO3. The number of hydrogen-bond donors (Lipinski definition) is 2. The van der Waals surface area contributed by atoms with E-state index in [4.69, 9.17) is 9.47 Å². The quantitative estimate of drug-likeness (QED) is 0.840. The molecule has 1 heterocycles. The summed E-state index contributed by atoms with van der Waals surface area (Å²) in [6.07, 6.45) is 2.68. The molecule has 2 atom stereocenters. The molecule has 0 amide bonds. The van der Waals surface area contributed by atoms with Gasteiger partial charge in [-0.1, -0.05) is 13.3 Å². The fraction of sp³-hybridized carbons (Fsp3) is 0.625. The SMILES string of the molecule is CCCC(C)(O)CNC1CCOc2ccc(OC)cc21. The van der Waals surface area contributed by atoms with Crippen LogP contribution in [0.1, 0.15) is 44.7 Å². The molecule has 0 radical (unpaired) electrons. The summed E-state index contributed by atoms with van der Waals surface area (Å²) in [5.41, 5.74) is 0.453. The highest BCUT2D eigenvalue weighted by Gasteiger charge is 2.25. The summed E-state index contributed by atoms with van der Waals surface area (Å²) < 4.78 is 11.0. The molecule has 112 valence electrons. The van der Waals surface area contributed by atoms with Crippen LogP contribution in [-0.4, -0.2) is 31.0 Å². The highest BCUT2D eigenvalue weighted by Crippen LogP contribution is 2.34. The number of hydrogen-bond acceptors (Lipinski definition) is 4. The second-order valence-electron chi connectivity index (χ2n) is 5.72. The van der Waals surface area contributed by atoms with Gasteiger partial charge < -0.3 is 19.9 Å². The Labute approximate surface area is 121 Å². The molecule has 0 bridgehead atoms. The molecule has 2 rings (SSSR count). The smallest absolute Gasteiger partial charge is 0.124 e. The van der Waals surface area contributed by atoms with Crippen molar-refractivity contribution in [1.82, 2.24) is 5.32 Å². The maximum Gasteiger partial charge on any atom is 0.124 e. The van der Waals surface area contributed by atoms with Crippen molar-refractivity contribution >= 4 is 0 Å². The Balaban J connectivity index is 2.08. The minimum atomic E-state index is -0.661. The van der Waals surface area contributed by atoms with Crippen LogP contribution in [0.5, 0.6) is 11.5 Å². The normalized spacial score (nSPS) is 20.7. The van der Waals surface area contributed by atoms with Gasteiger partial charge in [-0.3, -0.25) is 0 Å². The molecule has 20 heavy (non-hydrogen) atoms. The predicted octanol–water partition coefficient (Wildman–Crippen LogP) is 2.66. The van der Waals surface area contributed by atoms with E-state index in [9.17, 15) is 5.11 Å². The van der Waals surface area contributed by atoms with Crippen molar-refractivity contribution in [3.63, 3.8) is 0 Å². The summed E-state index contributed by atoms with van der Waals surface area (Å²) in [4.78, 5) is 0. The van der Waals surface area contributed by atoms with Gasteiger partial charge in [0.2, 0.25) is 0 Å². The summed E-state index contributed by atoms with van der Waals surface area (Å²) in [6.45, 7) is 5.26. The monoisotopic (exact) mass is 279 g/mol. The molecule has 2 unspecified atom stereocenters. The van der Waals surface area contributed by atoms with E-state index in [-0.39, 0.29) is 6.04 Å². The molecule has 0 saturated carbocycles. The molecule has 1 aliphatic heterocycles. The summed E-state index contributed by atoms with van der Waals surface area (Å²) in [5, 5.41) is 13.7. The highest BCUT2D eigenvalue weighted by molar-refractivity contribution is 5.43. The Morgan fingerprint density at radius 2 is 2.30 bits per heavy atom. The maximum atomic E-state index is 10.3. The number of benzene rings is 1. The summed E-state index contributed by atoms with van der Waals surface area (Å²) >= 11 is 0. The zero-order valence-electron chi connectivity index (χ0n) is 12.6. The maximum absolute atomic E-state index is 10.3. The van der Waals surface area contributed by atoms with Crippen molar-refractivity contribution < 1.29 is 14.6 Å². The molecular weight excluding hydrogens is 254 g/mol. The van der Waals surface area contributed by atoms with Crippen LogP contribution in [0.15, 0.2) is 18.2 Å². The summed E-state index contributed by atoms with van der Waals surface area (Å²) in [6, 6.07) is 6.08. The number of fused-ring (bicyclic) bond motifs is 1. The van der Waals surface area contributed by atoms with Crippen molar-refractivity contribution in [2.45, 2.75) is 44.8 Å². The highest BCUT2D eigenvalue weighted by atomic mass is 16.5. The minimum absolute atomic E-state index is 0.206. The minimum Gasteiger partial charge on any atom is -0.497 e. The van der Waals surface area contributed by atoms with E-state index in [0.717, 1.165) is 36.3 Å². The van der Waals surface area contributed by atoms with E-state index in [0.29, 0.717) is 13.2 Å². The fourth-order valence-corrected chi connectivity index (χ4v) is 2.68. The van der Waals surface area contributed by atoms with E-state index in [1.165, 1.54) is 0 Å². The van der Waals surface area contributed by atoms with Gasteiger partial charge in [-0.15, -0.1) is 0 Å². The number of ether oxygens (including phenoxy) is 2. The van der Waals surface area contributed by atoms with Gasteiger partial charge in [0.05, 0.1) is 19.3 Å². The molecule has 0 aliphatic carbocycles. The van der Waals surface area contributed by atoms with Gasteiger partial charge in [-0.2, -0.15) is 0 Å². The lowest BCUT2D eigenvalue weighted by Gasteiger charge is -2.31. The Hall–Kier alpha value is -1.26. The number of nitrogens with one attached hydrogen (secondary N) is 1. The van der Waals surface area contributed by atoms with Crippen LogP contribution >= 0.6 is 0 Å². The molecule has 0 aromatic heterocycles. The van der Waals surface area contributed by atoms with Crippen LogP contribution in [-0.2, 0) is 0 Å². The molecule has 1 aromatic carbocycles. The van der Waals surface area contributed by atoms with E-state index in [1.54, 1.807) is 7.11 Å². The van der Waals surface area contributed by atoms with Crippen LogP contribution in [0.4, 0.5) is 0 Å². The van der Waals surface area contributed by atoms with E-state index >= 15 is 0 Å². The second-order valence-corrected chi connectivity index (χ2v) is 5.72. The van der Waals surface area contributed by atoms with Gasteiger partial charge >= 0.3 is 0 Å². The molecule has 4 nitrogen and oxygen atoms in total. The van der Waals surface area contributed by atoms with E-state index in [2.05, 4.69) is 12.2 Å². The molecule has 1 aromatic rings. The van der Waals surface area contributed by atoms with Gasteiger partial charge in [0.25, 0.3) is 0 Å². The standard InChI is InChI=1S/C16H25NO3/c1-4-8-16(2,18)11-17-14-7-9-20-15-6-5-12(19-3)10-13(14)15/h5-6,10,14,17-18H,4,7-9,11H2,1-3H3. The Bertz CT molecular complexity index is 445. The third-order valence-electron chi connectivity index (χ3n) is 3.77. The van der Waals surface area contributed by atoms with Gasteiger partial charge in [0.15, 0.2) is 0 Å². The molecule has 2 N–H and O–H groups in total. The molecule has 0 spiro atoms. The van der Waals surface area contributed by atoms with Gasteiger partial charge in [-0.25, -0.2) is 0 Å². The number of rotatable bonds is 6. The average molecular weight is 279 g/mol. The van der Waals surface area contributed by atoms with Crippen LogP contribution in [0.25, 0.3) is 0 Å². The van der Waals surface area contributed by atoms with Crippen LogP contribution in [0.3, 0.4) is 0 Å². The van der Waals surface area contributed by atoms with Crippen molar-refractivity contribution in [2.75, 3.05) is 20.3 Å². The van der Waals surface area contributed by atoms with E-state index in [1.807, 2.05) is 25.1 Å². The van der Waals surface area contributed by atoms with Crippen molar-refractivity contribution in [3.8, 4) is 11.5 Å². The second kappa shape index (κ2) is 6.46. The first-order valence-electron chi connectivity index (χ1n) is 7.32. The largest absolute Gasteiger partial charge is 0.497 e. The first kappa shape index (κ1) is 15.1. The summed E-state index contributed by atoms with van der Waals surface area (Å²) in [5.74, 6) is 1.74. The molecule has 4 heteroatoms. The average Bonchev–Trinajstić information content (AvgIpc) is 2.44. The lowest BCUT2D eigenvalue weighted by molar-refractivity contribution is 0.0454. The predicted molar refractivity (Wildman–Crippen MR) is 79.4 cm³/mol. The van der Waals surface area contributed by atoms with Gasteiger partial charge in [0.1, 0.15) is 11.5 Å². The summed E-state index contributed by atoms with van der Waals surface area (Å²) in [7, 11) is 1.67. The first-order chi connectivity index (χ1) is 9.55. The Morgan fingerprint density at radius 1 is 1.50 bits per heavy atom. The fourth-order valence-electron chi connectivity index (χ4n) is 2.68. The topological polar surface area (TPSA) is 50.7 Å². The number of aliphatic hydroxyl groups is 1. The van der Waals surface area contributed by atoms with Gasteiger partial charge in [0, 0.05) is 24.6 Å². The zero-order valence-corrected chi connectivity index (χ0v) is 12.6. The number of methoxy groups -OCH3 is 1. The molecule has 1 aliphatic rings. The van der Waals surface area contributed by atoms with Crippen molar-refractivity contribution in [1.29, 1.82) is 0 Å². The van der Waals surface area contributed by atoms with E-state index < -0.39 is 5.60 Å². The third-order valence-corrected chi connectivity index (χ3v) is 3.77. The lowest BCUT2D eigenvalue weighted by atomic mass is 9.97. The first-order valence-corrected chi connectivity index (χ1v) is 7.32. The zero-order chi connectivity index (χ0) is 14.6. The van der Waals surface area contributed by atoms with Crippen molar-refractivity contribution in [2.24, 2.45) is 0 Å². The molecule has 0 saturated heterocycles. The van der Waals surface area contributed by atoms with Crippen molar-refractivity contribution in [3.05, 3.63) is 23.8 Å². The lowest BCUT2D eigenvalue weighted by Crippen LogP contribution is -2.40.